The van der Waals surface area contributed by atoms with E-state index in [0.29, 0.717) is 21.8 Å². The molecule has 1 aliphatic rings. The number of aliphatic hydroxyl groups is 1. The Morgan fingerprint density at radius 3 is 2.42 bits per heavy atom. The molecule has 4 aromatic rings. The van der Waals surface area contributed by atoms with Gasteiger partial charge in [0.2, 0.25) is 0 Å². The number of hydrogen-bond acceptors (Lipinski definition) is 3. The van der Waals surface area contributed by atoms with Crippen LogP contribution in [0.15, 0.2) is 89.4 Å². The minimum atomic E-state index is -1.95. The van der Waals surface area contributed by atoms with Crippen molar-refractivity contribution >= 4 is 55.7 Å². The van der Waals surface area contributed by atoms with Crippen molar-refractivity contribution in [3.8, 4) is 0 Å². The molecule has 1 unspecified atom stereocenters. The summed E-state index contributed by atoms with van der Waals surface area (Å²) in [5.41, 5.74) is 0.389. The van der Waals surface area contributed by atoms with Gasteiger partial charge in [-0.05, 0) is 52.7 Å². The molecule has 1 amide bonds. The second-order valence-electron chi connectivity index (χ2n) is 8.20. The van der Waals surface area contributed by atoms with E-state index in [1.807, 2.05) is 48.5 Å². The number of hydrogen-bond donors (Lipinski definition) is 1. The Bertz CT molecular complexity index is 1400. The molecule has 0 bridgehead atoms. The van der Waals surface area contributed by atoms with Crippen LogP contribution in [0.3, 0.4) is 0 Å². The Morgan fingerprint density at radius 2 is 1.67 bits per heavy atom. The van der Waals surface area contributed by atoms with Crippen LogP contribution in [0.2, 0.25) is 5.02 Å². The summed E-state index contributed by atoms with van der Waals surface area (Å²) in [6, 6.07) is 25.7. The molecule has 4 nitrogen and oxygen atoms in total. The fourth-order valence-electron chi connectivity index (χ4n) is 4.32. The van der Waals surface area contributed by atoms with E-state index in [2.05, 4.69) is 15.9 Å². The van der Waals surface area contributed by atoms with Crippen LogP contribution in [0.5, 0.6) is 0 Å². The van der Waals surface area contributed by atoms with Crippen LogP contribution in [0, 0.1) is 0 Å². The zero-order valence-electron chi connectivity index (χ0n) is 17.5. The third-order valence-corrected chi connectivity index (χ3v) is 6.78. The predicted octanol–water partition coefficient (Wildman–Crippen LogP) is 6.26. The van der Waals surface area contributed by atoms with Crippen LogP contribution in [0.25, 0.3) is 10.8 Å². The number of benzene rings is 4. The van der Waals surface area contributed by atoms with Gasteiger partial charge in [0, 0.05) is 20.6 Å². The second kappa shape index (κ2) is 8.41. The number of ketones is 1. The van der Waals surface area contributed by atoms with E-state index in [9.17, 15) is 14.7 Å². The van der Waals surface area contributed by atoms with Crippen molar-refractivity contribution < 1.29 is 14.7 Å². The maximum absolute atomic E-state index is 13.5. The summed E-state index contributed by atoms with van der Waals surface area (Å²) >= 11 is 9.42. The first-order valence-corrected chi connectivity index (χ1v) is 11.6. The molecule has 6 heteroatoms. The van der Waals surface area contributed by atoms with Crippen LogP contribution in [-0.2, 0) is 16.9 Å². The van der Waals surface area contributed by atoms with Gasteiger partial charge < -0.3 is 10.0 Å². The topological polar surface area (TPSA) is 57.6 Å². The lowest BCUT2D eigenvalue weighted by atomic mass is 9.87. The normalized spacial score (nSPS) is 17.4. The minimum absolute atomic E-state index is 0.261. The molecule has 1 aliphatic heterocycles. The van der Waals surface area contributed by atoms with Gasteiger partial charge in [-0.25, -0.2) is 0 Å². The molecule has 0 fully saturated rings. The average molecular weight is 521 g/mol. The fraction of sp³-hybridized carbons (Fsp3) is 0.111. The highest BCUT2D eigenvalue weighted by Crippen LogP contribution is 2.45. The average Bonchev–Trinajstić information content (AvgIpc) is 3.01. The number of halogens is 2. The minimum Gasteiger partial charge on any atom is -0.375 e. The van der Waals surface area contributed by atoms with Gasteiger partial charge in [0.25, 0.3) is 5.91 Å². The molecule has 0 aromatic heterocycles. The second-order valence-corrected chi connectivity index (χ2v) is 9.55. The van der Waals surface area contributed by atoms with E-state index in [1.54, 1.807) is 36.4 Å². The fourth-order valence-corrected chi connectivity index (χ4v) is 4.81. The van der Waals surface area contributed by atoms with Crippen molar-refractivity contribution in [2.75, 3.05) is 4.90 Å². The van der Waals surface area contributed by atoms with Crippen LogP contribution in [0.4, 0.5) is 5.69 Å². The molecule has 0 saturated carbocycles. The molecule has 0 aliphatic carbocycles. The van der Waals surface area contributed by atoms with E-state index in [-0.39, 0.29) is 18.7 Å². The molecule has 4 aromatic carbocycles. The van der Waals surface area contributed by atoms with Crippen LogP contribution < -0.4 is 4.90 Å². The summed E-state index contributed by atoms with van der Waals surface area (Å²) in [6.07, 6.45) is -0.343. The summed E-state index contributed by atoms with van der Waals surface area (Å²) in [5, 5.41) is 14.2. The molecule has 1 N–H and O–H groups in total. The highest BCUT2D eigenvalue weighted by Gasteiger charge is 2.51. The molecule has 1 atom stereocenters. The summed E-state index contributed by atoms with van der Waals surface area (Å²) in [5.74, 6) is -0.810. The maximum atomic E-state index is 13.5. The Morgan fingerprint density at radius 1 is 0.939 bits per heavy atom. The third kappa shape index (κ3) is 3.97. The summed E-state index contributed by atoms with van der Waals surface area (Å²) in [4.78, 5) is 28.3. The number of amides is 1. The zero-order valence-corrected chi connectivity index (χ0v) is 19.8. The standard InChI is InChI=1S/C27H19BrClNO3/c28-21-9-12-24-23(14-21)27(33,26(32)30(24)16-17-5-10-22(29)11-6-17)15-25(31)20-8-7-18-3-1-2-4-19(18)13-20/h1-14,33H,15-16H2. The lowest BCUT2D eigenvalue weighted by Gasteiger charge is -2.23. The summed E-state index contributed by atoms with van der Waals surface area (Å²) in [7, 11) is 0. The molecule has 164 valence electrons. The van der Waals surface area contributed by atoms with Gasteiger partial charge in [-0.2, -0.15) is 0 Å². The van der Waals surface area contributed by atoms with Crippen molar-refractivity contribution in [1.82, 2.24) is 0 Å². The highest BCUT2D eigenvalue weighted by atomic mass is 79.9. The van der Waals surface area contributed by atoms with Gasteiger partial charge >= 0.3 is 0 Å². The zero-order chi connectivity index (χ0) is 23.2. The summed E-state index contributed by atoms with van der Waals surface area (Å²) < 4.78 is 0.721. The molecule has 33 heavy (non-hydrogen) atoms. The van der Waals surface area contributed by atoms with Gasteiger partial charge in [-0.1, -0.05) is 76.1 Å². The Kier molecular flexibility index (Phi) is 5.57. The van der Waals surface area contributed by atoms with E-state index in [1.165, 1.54) is 4.90 Å². The smallest absolute Gasteiger partial charge is 0.264 e. The Labute approximate surface area is 204 Å². The number of anilines is 1. The number of carbonyl (C=O) groups excluding carboxylic acids is 2. The predicted molar refractivity (Wildman–Crippen MR) is 134 cm³/mol. The molecule has 0 saturated heterocycles. The van der Waals surface area contributed by atoms with Crippen molar-refractivity contribution in [2.24, 2.45) is 0 Å². The lowest BCUT2D eigenvalue weighted by molar-refractivity contribution is -0.136. The van der Waals surface area contributed by atoms with Gasteiger partial charge in [0.1, 0.15) is 0 Å². The molecular formula is C27H19BrClNO3. The largest absolute Gasteiger partial charge is 0.375 e. The molecule has 1 heterocycles. The van der Waals surface area contributed by atoms with E-state index in [0.717, 1.165) is 20.8 Å². The first-order chi connectivity index (χ1) is 15.8. The van der Waals surface area contributed by atoms with E-state index >= 15 is 0 Å². The number of Topliss-reactive ketones (excluding diaryl/α,β-unsaturated/α-hetero) is 1. The van der Waals surface area contributed by atoms with Crippen molar-refractivity contribution in [2.45, 2.75) is 18.6 Å². The van der Waals surface area contributed by atoms with Crippen LogP contribution >= 0.6 is 27.5 Å². The third-order valence-electron chi connectivity index (χ3n) is 6.04. The molecular weight excluding hydrogens is 502 g/mol. The molecule has 0 spiro atoms. The highest BCUT2D eigenvalue weighted by molar-refractivity contribution is 9.10. The Balaban J connectivity index is 1.50. The van der Waals surface area contributed by atoms with E-state index < -0.39 is 11.5 Å². The lowest BCUT2D eigenvalue weighted by Crippen LogP contribution is -2.41. The van der Waals surface area contributed by atoms with Crippen molar-refractivity contribution in [1.29, 1.82) is 0 Å². The number of carbonyl (C=O) groups is 2. The number of nitrogens with zero attached hydrogens (tertiary/aromatic N) is 1. The molecule has 5 rings (SSSR count). The van der Waals surface area contributed by atoms with Gasteiger partial charge in [0.15, 0.2) is 11.4 Å². The van der Waals surface area contributed by atoms with E-state index in [4.69, 9.17) is 11.6 Å². The quantitative estimate of drug-likeness (QED) is 0.316. The number of fused-ring (bicyclic) bond motifs is 2. The van der Waals surface area contributed by atoms with Crippen molar-refractivity contribution in [3.63, 3.8) is 0 Å². The first-order valence-electron chi connectivity index (χ1n) is 10.5. The van der Waals surface area contributed by atoms with Crippen LogP contribution in [0.1, 0.15) is 27.9 Å². The maximum Gasteiger partial charge on any atom is 0.264 e. The summed E-state index contributed by atoms with van der Waals surface area (Å²) in [6.45, 7) is 0.261. The van der Waals surface area contributed by atoms with Crippen molar-refractivity contribution in [3.05, 3.63) is 111 Å². The van der Waals surface area contributed by atoms with Gasteiger partial charge in [-0.3, -0.25) is 9.59 Å². The molecule has 0 radical (unpaired) electrons. The SMILES string of the molecule is O=C(CC1(O)C(=O)N(Cc2ccc(Cl)cc2)c2ccc(Br)cc21)c1ccc2ccccc2c1. The first kappa shape index (κ1) is 21.8. The van der Waals surface area contributed by atoms with Gasteiger partial charge in [-0.15, -0.1) is 0 Å². The Hall–Kier alpha value is -2.99. The monoisotopic (exact) mass is 519 g/mol. The van der Waals surface area contributed by atoms with Crippen LogP contribution in [-0.4, -0.2) is 16.8 Å². The number of rotatable bonds is 5. The van der Waals surface area contributed by atoms with Gasteiger partial charge in [0.05, 0.1) is 18.7 Å².